The van der Waals surface area contributed by atoms with Crippen molar-refractivity contribution in [1.29, 1.82) is 0 Å². The lowest BCUT2D eigenvalue weighted by molar-refractivity contribution is -0.917. The van der Waals surface area contributed by atoms with Gasteiger partial charge in [0, 0.05) is 24.0 Å². The third kappa shape index (κ3) is 3.69. The first kappa shape index (κ1) is 16.9. The molecule has 5 nitrogen and oxygen atoms in total. The minimum Gasteiger partial charge on any atom is -0.314 e. The zero-order valence-electron chi connectivity index (χ0n) is 13.9. The smallest absolute Gasteiger partial charge is 0.203 e. The van der Waals surface area contributed by atoms with Gasteiger partial charge in [0.1, 0.15) is 6.54 Å². The second kappa shape index (κ2) is 6.99. The van der Waals surface area contributed by atoms with Crippen molar-refractivity contribution in [2.75, 3.05) is 7.05 Å². The summed E-state index contributed by atoms with van der Waals surface area (Å²) in [6.07, 6.45) is 5.97. The van der Waals surface area contributed by atoms with Crippen LogP contribution in [0.5, 0.6) is 0 Å². The summed E-state index contributed by atoms with van der Waals surface area (Å²) in [6.45, 7) is 1.62. The predicted octanol–water partition coefficient (Wildman–Crippen LogP) is 3.20. The van der Waals surface area contributed by atoms with Gasteiger partial charge in [0.2, 0.25) is 4.77 Å². The molecule has 1 aliphatic rings. The third-order valence-electron chi connectivity index (χ3n) is 4.23. The zero-order valence-corrected chi connectivity index (χ0v) is 16.2. The topological polar surface area (TPSA) is 40.1 Å². The molecule has 25 heavy (non-hydrogen) atoms. The molecule has 0 saturated heterocycles. The number of aromatic nitrogens is 4. The highest BCUT2D eigenvalue weighted by Gasteiger charge is 2.29. The minimum atomic E-state index is 0.480. The van der Waals surface area contributed by atoms with Gasteiger partial charge in [-0.05, 0) is 49.3 Å². The monoisotopic (exact) mass is 392 g/mol. The van der Waals surface area contributed by atoms with E-state index < -0.39 is 0 Å². The Hall–Kier alpha value is -1.54. The van der Waals surface area contributed by atoms with Crippen LogP contribution in [0.3, 0.4) is 0 Å². The molecule has 0 bridgehead atoms. The molecule has 130 valence electrons. The van der Waals surface area contributed by atoms with E-state index in [0.29, 0.717) is 6.04 Å². The lowest BCUT2D eigenvalue weighted by Gasteiger charge is -2.12. The van der Waals surface area contributed by atoms with Gasteiger partial charge in [0.25, 0.3) is 0 Å². The molecule has 3 heterocycles. The largest absolute Gasteiger partial charge is 0.314 e. The van der Waals surface area contributed by atoms with Gasteiger partial charge in [-0.2, -0.15) is 4.68 Å². The molecule has 3 aromatic rings. The number of pyridine rings is 1. The molecule has 1 saturated carbocycles. The van der Waals surface area contributed by atoms with Crippen LogP contribution in [-0.4, -0.2) is 26.4 Å². The Bertz CT molecular complexity index is 926. The highest BCUT2D eigenvalue weighted by Crippen LogP contribution is 2.38. The molecule has 4 rings (SSSR count). The first-order chi connectivity index (χ1) is 12.1. The SMILES string of the molecule is C[NH+](Cc1ccc(Cl)s1)Cn1nc(-c2cccnc2)n(C2CC2)c1=S. The van der Waals surface area contributed by atoms with E-state index in [1.807, 2.05) is 29.1 Å². The van der Waals surface area contributed by atoms with E-state index in [4.69, 9.17) is 28.9 Å². The number of nitrogens with zero attached hydrogens (tertiary/aromatic N) is 4. The Morgan fingerprint density at radius 2 is 2.20 bits per heavy atom. The van der Waals surface area contributed by atoms with Gasteiger partial charge >= 0.3 is 0 Å². The van der Waals surface area contributed by atoms with E-state index in [1.54, 1.807) is 17.5 Å². The van der Waals surface area contributed by atoms with E-state index in [2.05, 4.69) is 22.7 Å². The molecular weight excluding hydrogens is 374 g/mol. The fourth-order valence-corrected chi connectivity index (χ4v) is 4.48. The minimum absolute atomic E-state index is 0.480. The molecule has 1 fully saturated rings. The fourth-order valence-electron chi connectivity index (χ4n) is 2.93. The first-order valence-electron chi connectivity index (χ1n) is 8.27. The predicted molar refractivity (Wildman–Crippen MR) is 102 cm³/mol. The molecule has 1 N–H and O–H groups in total. The molecule has 1 unspecified atom stereocenters. The highest BCUT2D eigenvalue weighted by molar-refractivity contribution is 7.71. The Balaban J connectivity index is 1.60. The molecule has 1 aliphatic carbocycles. The average molecular weight is 393 g/mol. The fraction of sp³-hybridized carbons (Fsp3) is 0.353. The Morgan fingerprint density at radius 1 is 1.36 bits per heavy atom. The molecule has 0 aromatic carbocycles. The highest BCUT2D eigenvalue weighted by atomic mass is 35.5. The summed E-state index contributed by atoms with van der Waals surface area (Å²) >= 11 is 13.4. The van der Waals surface area contributed by atoms with Gasteiger partial charge in [-0.25, -0.2) is 0 Å². The number of halogens is 1. The number of quaternary nitrogens is 1. The molecule has 0 radical (unpaired) electrons. The number of nitrogens with one attached hydrogen (secondary N) is 1. The quantitative estimate of drug-likeness (QED) is 0.655. The number of rotatable bonds is 6. The molecule has 0 aliphatic heterocycles. The molecule has 1 atom stereocenters. The Kier molecular flexibility index (Phi) is 4.73. The first-order valence-corrected chi connectivity index (χ1v) is 9.87. The van der Waals surface area contributed by atoms with Crippen molar-refractivity contribution >= 4 is 35.2 Å². The number of hydrogen-bond donors (Lipinski definition) is 1. The van der Waals surface area contributed by atoms with Crippen LogP contribution in [0.25, 0.3) is 11.4 Å². The van der Waals surface area contributed by atoms with Crippen molar-refractivity contribution in [2.24, 2.45) is 0 Å². The molecular formula is C17H19ClN5S2+. The third-order valence-corrected chi connectivity index (χ3v) is 5.87. The van der Waals surface area contributed by atoms with Crippen LogP contribution in [0.1, 0.15) is 23.8 Å². The van der Waals surface area contributed by atoms with Gasteiger partial charge in [0.15, 0.2) is 12.5 Å². The van der Waals surface area contributed by atoms with Crippen LogP contribution in [0.15, 0.2) is 36.7 Å². The van der Waals surface area contributed by atoms with Crippen molar-refractivity contribution in [3.05, 3.63) is 50.6 Å². The van der Waals surface area contributed by atoms with Crippen molar-refractivity contribution < 1.29 is 4.90 Å². The zero-order chi connectivity index (χ0) is 17.4. The second-order valence-corrected chi connectivity index (χ2v) is 8.61. The van der Waals surface area contributed by atoms with Crippen LogP contribution >= 0.6 is 35.2 Å². The Labute approximate surface area is 160 Å². The van der Waals surface area contributed by atoms with E-state index in [0.717, 1.165) is 33.7 Å². The summed E-state index contributed by atoms with van der Waals surface area (Å²) in [5.74, 6) is 0.924. The number of hydrogen-bond acceptors (Lipinski definition) is 4. The van der Waals surface area contributed by atoms with Gasteiger partial charge in [0.05, 0.1) is 16.3 Å². The lowest BCUT2D eigenvalue weighted by Crippen LogP contribution is -3.06. The van der Waals surface area contributed by atoms with Gasteiger partial charge in [-0.15, -0.1) is 16.4 Å². The summed E-state index contributed by atoms with van der Waals surface area (Å²) < 4.78 is 5.77. The van der Waals surface area contributed by atoms with Crippen molar-refractivity contribution in [1.82, 2.24) is 19.3 Å². The molecule has 0 spiro atoms. The molecule has 3 aromatic heterocycles. The second-order valence-electron chi connectivity index (χ2n) is 6.45. The van der Waals surface area contributed by atoms with E-state index in [-0.39, 0.29) is 0 Å². The van der Waals surface area contributed by atoms with Crippen LogP contribution in [0.2, 0.25) is 4.34 Å². The number of thiophene rings is 1. The molecule has 0 amide bonds. The van der Waals surface area contributed by atoms with Gasteiger partial charge < -0.3 is 4.90 Å². The van der Waals surface area contributed by atoms with Crippen molar-refractivity contribution in [3.8, 4) is 11.4 Å². The van der Waals surface area contributed by atoms with Crippen LogP contribution in [-0.2, 0) is 13.2 Å². The average Bonchev–Trinajstić information content (AvgIpc) is 3.28. The van der Waals surface area contributed by atoms with E-state index in [1.165, 1.54) is 22.6 Å². The van der Waals surface area contributed by atoms with Gasteiger partial charge in [-0.1, -0.05) is 11.6 Å². The summed E-state index contributed by atoms with van der Waals surface area (Å²) in [5.41, 5.74) is 1.02. The standard InChI is InChI=1S/C17H18ClN5S2/c1-21(10-14-6-7-15(18)25-14)11-22-17(24)23(13-4-5-13)16(20-22)12-3-2-8-19-9-12/h2-3,6-9,13H,4-5,10-11H2,1H3/p+1. The van der Waals surface area contributed by atoms with Crippen LogP contribution < -0.4 is 4.90 Å². The lowest BCUT2D eigenvalue weighted by atomic mass is 10.3. The van der Waals surface area contributed by atoms with Gasteiger partial charge in [-0.3, -0.25) is 9.55 Å². The van der Waals surface area contributed by atoms with E-state index >= 15 is 0 Å². The molecule has 8 heteroatoms. The van der Waals surface area contributed by atoms with Crippen molar-refractivity contribution in [3.63, 3.8) is 0 Å². The maximum Gasteiger partial charge on any atom is 0.203 e. The van der Waals surface area contributed by atoms with Crippen molar-refractivity contribution in [2.45, 2.75) is 32.1 Å². The summed E-state index contributed by atoms with van der Waals surface area (Å²) in [4.78, 5) is 6.81. The van der Waals surface area contributed by atoms with E-state index in [9.17, 15) is 0 Å². The van der Waals surface area contributed by atoms with Crippen LogP contribution in [0, 0.1) is 4.77 Å². The van der Waals surface area contributed by atoms with Crippen LogP contribution in [0.4, 0.5) is 0 Å². The Morgan fingerprint density at radius 3 is 2.84 bits per heavy atom. The summed E-state index contributed by atoms with van der Waals surface area (Å²) in [7, 11) is 2.15. The summed E-state index contributed by atoms with van der Waals surface area (Å²) in [6, 6.07) is 8.49. The normalized spacial score (nSPS) is 15.4. The maximum atomic E-state index is 6.03. The summed E-state index contributed by atoms with van der Waals surface area (Å²) in [5, 5.41) is 4.82. The maximum absolute atomic E-state index is 6.03.